The summed E-state index contributed by atoms with van der Waals surface area (Å²) in [4.78, 5) is 7.20. The molecule has 7 heteroatoms. The Balaban J connectivity index is 2.44. The van der Waals surface area contributed by atoms with Gasteiger partial charge in [-0.1, -0.05) is 12.2 Å². The van der Waals surface area contributed by atoms with E-state index in [0.29, 0.717) is 22.8 Å². The zero-order valence-electron chi connectivity index (χ0n) is 8.02. The lowest BCUT2D eigenvalue weighted by Crippen LogP contribution is -1.97. The lowest BCUT2D eigenvalue weighted by Gasteiger charge is -2.02. The number of methoxy groups -OCH3 is 1. The van der Waals surface area contributed by atoms with Crippen molar-refractivity contribution in [1.82, 2.24) is 25.4 Å². The Labute approximate surface area is 90.7 Å². The quantitative estimate of drug-likeness (QED) is 0.761. The van der Waals surface area contributed by atoms with E-state index in [1.807, 2.05) is 0 Å². The van der Waals surface area contributed by atoms with Crippen LogP contribution in [0.5, 0.6) is 0 Å². The lowest BCUT2D eigenvalue weighted by molar-refractivity contribution is 0.181. The molecule has 2 aromatic heterocycles. The second-order valence-electron chi connectivity index (χ2n) is 2.88. The Bertz CT molecular complexity index is 492. The van der Waals surface area contributed by atoms with Gasteiger partial charge in [-0.05, 0) is 6.07 Å². The SMILES string of the molecule is COCc1cc(=S)nc(-c2cn[nH]n2)[nH]1. The van der Waals surface area contributed by atoms with E-state index in [1.165, 1.54) is 0 Å². The van der Waals surface area contributed by atoms with Gasteiger partial charge in [-0.3, -0.25) is 0 Å². The molecule has 0 bridgehead atoms. The maximum Gasteiger partial charge on any atom is 0.161 e. The third-order valence-corrected chi connectivity index (χ3v) is 1.97. The molecule has 0 saturated carbocycles. The van der Waals surface area contributed by atoms with Gasteiger partial charge in [-0.2, -0.15) is 15.4 Å². The normalized spacial score (nSPS) is 10.5. The summed E-state index contributed by atoms with van der Waals surface area (Å²) >= 11 is 5.03. The molecule has 6 nitrogen and oxygen atoms in total. The van der Waals surface area contributed by atoms with Gasteiger partial charge >= 0.3 is 0 Å². The molecule has 0 spiro atoms. The van der Waals surface area contributed by atoms with Crippen LogP contribution in [0.15, 0.2) is 12.3 Å². The van der Waals surface area contributed by atoms with Crippen LogP contribution in [0.3, 0.4) is 0 Å². The van der Waals surface area contributed by atoms with Crippen molar-refractivity contribution in [2.75, 3.05) is 7.11 Å². The smallest absolute Gasteiger partial charge is 0.161 e. The third kappa shape index (κ3) is 2.25. The van der Waals surface area contributed by atoms with Crippen LogP contribution in [0.4, 0.5) is 0 Å². The highest BCUT2D eigenvalue weighted by Gasteiger charge is 2.04. The molecule has 15 heavy (non-hydrogen) atoms. The molecule has 0 saturated heterocycles. The van der Waals surface area contributed by atoms with Crippen molar-refractivity contribution in [3.63, 3.8) is 0 Å². The molecule has 2 rings (SSSR count). The van der Waals surface area contributed by atoms with Gasteiger partial charge in [0.15, 0.2) is 5.82 Å². The Kier molecular flexibility index (Phi) is 2.84. The monoisotopic (exact) mass is 223 g/mol. The fourth-order valence-electron chi connectivity index (χ4n) is 1.18. The molecule has 78 valence electrons. The third-order valence-electron chi connectivity index (χ3n) is 1.76. The number of hydrogen-bond acceptors (Lipinski definition) is 5. The minimum Gasteiger partial charge on any atom is -0.378 e. The van der Waals surface area contributed by atoms with E-state index in [-0.39, 0.29) is 0 Å². The number of nitrogens with one attached hydrogen (secondary N) is 2. The highest BCUT2D eigenvalue weighted by molar-refractivity contribution is 7.71. The van der Waals surface area contributed by atoms with Crippen molar-refractivity contribution < 1.29 is 4.74 Å². The molecular formula is C8H9N5OS. The molecule has 0 fully saturated rings. The Morgan fingerprint density at radius 3 is 3.07 bits per heavy atom. The molecule has 0 aromatic carbocycles. The van der Waals surface area contributed by atoms with Gasteiger partial charge in [-0.25, -0.2) is 4.98 Å². The first-order chi connectivity index (χ1) is 7.29. The summed E-state index contributed by atoms with van der Waals surface area (Å²) in [5.41, 5.74) is 1.48. The zero-order valence-corrected chi connectivity index (χ0v) is 8.84. The summed E-state index contributed by atoms with van der Waals surface area (Å²) in [6, 6.07) is 1.75. The maximum absolute atomic E-state index is 5.03. The summed E-state index contributed by atoms with van der Waals surface area (Å²) in [7, 11) is 1.62. The van der Waals surface area contributed by atoms with Crippen LogP contribution in [0.1, 0.15) is 5.69 Å². The van der Waals surface area contributed by atoms with E-state index < -0.39 is 0 Å². The highest BCUT2D eigenvalue weighted by Crippen LogP contribution is 2.10. The number of ether oxygens (including phenoxy) is 1. The molecule has 2 heterocycles. The minimum absolute atomic E-state index is 0.455. The summed E-state index contributed by atoms with van der Waals surface area (Å²) in [6.45, 7) is 0.455. The van der Waals surface area contributed by atoms with Crippen LogP contribution in [-0.2, 0) is 11.3 Å². The number of H-pyrrole nitrogens is 2. The lowest BCUT2D eigenvalue weighted by atomic mass is 10.4. The van der Waals surface area contributed by atoms with E-state index in [9.17, 15) is 0 Å². The Morgan fingerprint density at radius 1 is 1.53 bits per heavy atom. The van der Waals surface area contributed by atoms with Crippen molar-refractivity contribution in [3.05, 3.63) is 22.6 Å². The van der Waals surface area contributed by atoms with Crippen LogP contribution in [0.25, 0.3) is 11.5 Å². The molecule has 0 amide bonds. The number of rotatable bonds is 3. The van der Waals surface area contributed by atoms with Gasteiger partial charge in [0.25, 0.3) is 0 Å². The summed E-state index contributed by atoms with van der Waals surface area (Å²) in [6.07, 6.45) is 1.57. The van der Waals surface area contributed by atoms with Crippen LogP contribution in [0, 0.1) is 4.64 Å². The summed E-state index contributed by atoms with van der Waals surface area (Å²) in [5.74, 6) is 0.586. The minimum atomic E-state index is 0.455. The van der Waals surface area contributed by atoms with E-state index in [1.54, 1.807) is 19.4 Å². The maximum atomic E-state index is 5.03. The van der Waals surface area contributed by atoms with Crippen LogP contribution < -0.4 is 0 Å². The number of nitrogens with zero attached hydrogens (tertiary/aromatic N) is 3. The predicted molar refractivity (Wildman–Crippen MR) is 55.5 cm³/mol. The van der Waals surface area contributed by atoms with Gasteiger partial charge in [0.05, 0.1) is 12.8 Å². The van der Waals surface area contributed by atoms with Crippen molar-refractivity contribution >= 4 is 12.2 Å². The molecule has 0 aliphatic heterocycles. The van der Waals surface area contributed by atoms with Gasteiger partial charge in [0, 0.05) is 12.8 Å². The van der Waals surface area contributed by atoms with Gasteiger partial charge in [0.1, 0.15) is 10.3 Å². The fourth-order valence-corrected chi connectivity index (χ4v) is 1.41. The van der Waals surface area contributed by atoms with Gasteiger partial charge in [0.2, 0.25) is 0 Å². The standard InChI is InChI=1S/C8H9N5OS/c1-14-4-5-2-7(15)11-8(10-5)6-3-9-13-12-6/h2-3H,4H2,1H3,(H,9,12,13)(H,10,11,15). The molecule has 0 atom stereocenters. The van der Waals surface area contributed by atoms with Gasteiger partial charge < -0.3 is 9.72 Å². The van der Waals surface area contributed by atoms with Gasteiger partial charge in [-0.15, -0.1) is 0 Å². The highest BCUT2D eigenvalue weighted by atomic mass is 32.1. The first-order valence-electron chi connectivity index (χ1n) is 4.25. The average Bonchev–Trinajstić information content (AvgIpc) is 2.70. The Hall–Kier alpha value is -1.60. The molecular weight excluding hydrogens is 214 g/mol. The molecule has 0 aliphatic carbocycles. The van der Waals surface area contributed by atoms with Crippen LogP contribution >= 0.6 is 12.2 Å². The molecule has 2 N–H and O–H groups in total. The first kappa shape index (κ1) is 9.94. The van der Waals surface area contributed by atoms with E-state index in [2.05, 4.69) is 25.4 Å². The van der Waals surface area contributed by atoms with E-state index in [4.69, 9.17) is 17.0 Å². The second kappa shape index (κ2) is 4.28. The number of aromatic amines is 2. The predicted octanol–water partition coefficient (Wildman–Crippen LogP) is 1.07. The molecule has 2 aromatic rings. The zero-order chi connectivity index (χ0) is 10.7. The van der Waals surface area contributed by atoms with E-state index in [0.717, 1.165) is 5.69 Å². The molecule has 0 radical (unpaired) electrons. The first-order valence-corrected chi connectivity index (χ1v) is 4.66. The van der Waals surface area contributed by atoms with Crippen molar-refractivity contribution in [2.45, 2.75) is 6.61 Å². The molecule has 0 aliphatic rings. The van der Waals surface area contributed by atoms with Crippen LogP contribution in [-0.4, -0.2) is 32.5 Å². The van der Waals surface area contributed by atoms with Crippen molar-refractivity contribution in [1.29, 1.82) is 0 Å². The number of hydrogen-bond donors (Lipinski definition) is 2. The Morgan fingerprint density at radius 2 is 2.40 bits per heavy atom. The fraction of sp³-hybridized carbons (Fsp3) is 0.250. The molecule has 0 unspecified atom stereocenters. The van der Waals surface area contributed by atoms with Crippen LogP contribution in [0.2, 0.25) is 0 Å². The summed E-state index contributed by atoms with van der Waals surface area (Å²) < 4.78 is 5.50. The summed E-state index contributed by atoms with van der Waals surface area (Å²) in [5, 5.41) is 10.1. The van der Waals surface area contributed by atoms with Crippen molar-refractivity contribution in [2.24, 2.45) is 0 Å². The number of aromatic nitrogens is 5. The largest absolute Gasteiger partial charge is 0.378 e. The average molecular weight is 223 g/mol. The topological polar surface area (TPSA) is 79.5 Å². The van der Waals surface area contributed by atoms with Crippen molar-refractivity contribution in [3.8, 4) is 11.5 Å². The van der Waals surface area contributed by atoms with E-state index >= 15 is 0 Å². The second-order valence-corrected chi connectivity index (χ2v) is 3.30.